The molecule has 0 aliphatic heterocycles. The topological polar surface area (TPSA) is 72.9 Å². The Bertz CT molecular complexity index is 551. The molecule has 0 saturated carbocycles. The SMILES string of the molecule is CC(Cn1ccnc1)NC(=O)Cc1ccccc1CN. The molecule has 0 radical (unpaired) electrons. The van der Waals surface area contributed by atoms with Crippen LogP contribution in [0, 0.1) is 0 Å². The number of carbonyl (C=O) groups excluding carboxylic acids is 1. The van der Waals surface area contributed by atoms with Crippen molar-refractivity contribution >= 4 is 5.91 Å². The van der Waals surface area contributed by atoms with Gasteiger partial charge in [0, 0.05) is 31.5 Å². The molecule has 1 heterocycles. The predicted octanol–water partition coefficient (Wildman–Crippen LogP) is 1.09. The van der Waals surface area contributed by atoms with Gasteiger partial charge in [-0.1, -0.05) is 24.3 Å². The third-order valence-corrected chi connectivity index (χ3v) is 3.14. The molecule has 20 heavy (non-hydrogen) atoms. The van der Waals surface area contributed by atoms with E-state index in [9.17, 15) is 4.79 Å². The molecular weight excluding hydrogens is 252 g/mol. The Morgan fingerprint density at radius 1 is 1.40 bits per heavy atom. The quantitative estimate of drug-likeness (QED) is 0.826. The van der Waals surface area contributed by atoms with E-state index in [1.54, 1.807) is 12.5 Å². The second kappa shape index (κ2) is 6.86. The Hall–Kier alpha value is -2.14. The first-order valence-corrected chi connectivity index (χ1v) is 6.71. The van der Waals surface area contributed by atoms with Crippen LogP contribution >= 0.6 is 0 Å². The molecule has 0 aliphatic carbocycles. The normalized spacial score (nSPS) is 12.1. The van der Waals surface area contributed by atoms with Crippen LogP contribution in [0.3, 0.4) is 0 Å². The number of nitrogens with one attached hydrogen (secondary N) is 1. The van der Waals surface area contributed by atoms with Crippen LogP contribution in [0.2, 0.25) is 0 Å². The Morgan fingerprint density at radius 2 is 2.15 bits per heavy atom. The van der Waals surface area contributed by atoms with Crippen LogP contribution in [0.25, 0.3) is 0 Å². The fourth-order valence-corrected chi connectivity index (χ4v) is 2.18. The van der Waals surface area contributed by atoms with Crippen molar-refractivity contribution in [2.75, 3.05) is 0 Å². The van der Waals surface area contributed by atoms with Gasteiger partial charge in [-0.15, -0.1) is 0 Å². The van der Waals surface area contributed by atoms with E-state index in [0.717, 1.165) is 11.1 Å². The van der Waals surface area contributed by atoms with E-state index < -0.39 is 0 Å². The van der Waals surface area contributed by atoms with Gasteiger partial charge in [0.05, 0.1) is 12.7 Å². The van der Waals surface area contributed by atoms with Gasteiger partial charge in [-0.3, -0.25) is 4.79 Å². The van der Waals surface area contributed by atoms with Gasteiger partial charge in [0.25, 0.3) is 0 Å². The number of imidazole rings is 1. The Balaban J connectivity index is 1.88. The van der Waals surface area contributed by atoms with Crippen LogP contribution in [-0.2, 0) is 24.3 Å². The molecular formula is C15H20N4O. The summed E-state index contributed by atoms with van der Waals surface area (Å²) in [5, 5.41) is 2.99. The molecule has 0 spiro atoms. The molecule has 5 nitrogen and oxygen atoms in total. The van der Waals surface area contributed by atoms with Crippen molar-refractivity contribution in [3.63, 3.8) is 0 Å². The van der Waals surface area contributed by atoms with Gasteiger partial charge in [0.1, 0.15) is 0 Å². The third-order valence-electron chi connectivity index (χ3n) is 3.14. The zero-order valence-corrected chi connectivity index (χ0v) is 11.6. The molecule has 1 unspecified atom stereocenters. The van der Waals surface area contributed by atoms with Gasteiger partial charge >= 0.3 is 0 Å². The van der Waals surface area contributed by atoms with Crippen molar-refractivity contribution in [2.45, 2.75) is 32.5 Å². The highest BCUT2D eigenvalue weighted by molar-refractivity contribution is 5.79. The molecule has 1 atom stereocenters. The Morgan fingerprint density at radius 3 is 2.80 bits per heavy atom. The number of nitrogens with two attached hydrogens (primary N) is 1. The number of hydrogen-bond acceptors (Lipinski definition) is 3. The third kappa shape index (κ3) is 3.93. The van der Waals surface area contributed by atoms with Crippen LogP contribution in [0.5, 0.6) is 0 Å². The number of hydrogen-bond donors (Lipinski definition) is 2. The second-order valence-electron chi connectivity index (χ2n) is 4.88. The summed E-state index contributed by atoms with van der Waals surface area (Å²) in [6.45, 7) is 3.14. The molecule has 106 valence electrons. The summed E-state index contributed by atoms with van der Waals surface area (Å²) in [5.74, 6) is 0.0125. The highest BCUT2D eigenvalue weighted by Gasteiger charge is 2.10. The number of aromatic nitrogens is 2. The average Bonchev–Trinajstić information content (AvgIpc) is 2.91. The van der Waals surface area contributed by atoms with Gasteiger partial charge in [-0.25, -0.2) is 4.98 Å². The summed E-state index contributed by atoms with van der Waals surface area (Å²) >= 11 is 0. The summed E-state index contributed by atoms with van der Waals surface area (Å²) in [7, 11) is 0. The first-order chi connectivity index (χ1) is 9.69. The van der Waals surface area contributed by atoms with Crippen LogP contribution in [0.1, 0.15) is 18.1 Å². The van der Waals surface area contributed by atoms with E-state index in [4.69, 9.17) is 5.73 Å². The lowest BCUT2D eigenvalue weighted by molar-refractivity contribution is -0.121. The smallest absolute Gasteiger partial charge is 0.224 e. The molecule has 0 aliphatic rings. The zero-order valence-electron chi connectivity index (χ0n) is 11.6. The van der Waals surface area contributed by atoms with Crippen molar-refractivity contribution in [2.24, 2.45) is 5.73 Å². The van der Waals surface area contributed by atoms with Crippen molar-refractivity contribution in [1.82, 2.24) is 14.9 Å². The van der Waals surface area contributed by atoms with Crippen LogP contribution in [-0.4, -0.2) is 21.5 Å². The van der Waals surface area contributed by atoms with Crippen molar-refractivity contribution in [3.05, 3.63) is 54.1 Å². The minimum Gasteiger partial charge on any atom is -0.352 e. The first kappa shape index (κ1) is 14.3. The van der Waals surface area contributed by atoms with Gasteiger partial charge < -0.3 is 15.6 Å². The van der Waals surface area contributed by atoms with Gasteiger partial charge in [-0.2, -0.15) is 0 Å². The predicted molar refractivity (Wildman–Crippen MR) is 77.9 cm³/mol. The van der Waals surface area contributed by atoms with E-state index in [1.165, 1.54) is 0 Å². The summed E-state index contributed by atoms with van der Waals surface area (Å²) in [4.78, 5) is 16.0. The van der Waals surface area contributed by atoms with Crippen LogP contribution < -0.4 is 11.1 Å². The van der Waals surface area contributed by atoms with Crippen molar-refractivity contribution in [1.29, 1.82) is 0 Å². The van der Waals surface area contributed by atoms with Crippen LogP contribution in [0.15, 0.2) is 43.0 Å². The van der Waals surface area contributed by atoms with Gasteiger partial charge in [-0.05, 0) is 18.1 Å². The highest BCUT2D eigenvalue weighted by atomic mass is 16.1. The van der Waals surface area contributed by atoms with E-state index in [-0.39, 0.29) is 11.9 Å². The molecule has 0 fully saturated rings. The molecule has 1 aromatic carbocycles. The van der Waals surface area contributed by atoms with E-state index in [2.05, 4.69) is 10.3 Å². The number of rotatable bonds is 6. The average molecular weight is 272 g/mol. The number of nitrogens with zero attached hydrogens (tertiary/aromatic N) is 2. The fourth-order valence-electron chi connectivity index (χ4n) is 2.18. The monoisotopic (exact) mass is 272 g/mol. The van der Waals surface area contributed by atoms with E-state index >= 15 is 0 Å². The van der Waals surface area contributed by atoms with Crippen LogP contribution in [0.4, 0.5) is 0 Å². The number of amides is 1. The van der Waals surface area contributed by atoms with Crippen molar-refractivity contribution < 1.29 is 4.79 Å². The minimum absolute atomic E-state index is 0.0125. The maximum Gasteiger partial charge on any atom is 0.224 e. The Labute approximate surface area is 118 Å². The summed E-state index contributed by atoms with van der Waals surface area (Å²) in [6.07, 6.45) is 5.71. The molecule has 2 aromatic rings. The standard InChI is InChI=1S/C15H20N4O/c1-12(10-19-7-6-17-11-19)18-15(20)8-13-4-2-3-5-14(13)9-16/h2-7,11-12H,8-10,16H2,1H3,(H,18,20). The number of benzene rings is 1. The summed E-state index contributed by atoms with van der Waals surface area (Å²) < 4.78 is 1.94. The molecule has 0 bridgehead atoms. The Kier molecular flexibility index (Phi) is 4.90. The van der Waals surface area contributed by atoms with Crippen molar-refractivity contribution in [3.8, 4) is 0 Å². The number of carbonyl (C=O) groups is 1. The molecule has 2 rings (SSSR count). The first-order valence-electron chi connectivity index (χ1n) is 6.71. The second-order valence-corrected chi connectivity index (χ2v) is 4.88. The minimum atomic E-state index is 0.0125. The lowest BCUT2D eigenvalue weighted by Crippen LogP contribution is -2.36. The van der Waals surface area contributed by atoms with Gasteiger partial charge in [0.15, 0.2) is 0 Å². The summed E-state index contributed by atoms with van der Waals surface area (Å²) in [6, 6.07) is 7.82. The van der Waals surface area contributed by atoms with E-state index in [0.29, 0.717) is 19.5 Å². The van der Waals surface area contributed by atoms with Gasteiger partial charge in [0.2, 0.25) is 5.91 Å². The highest BCUT2D eigenvalue weighted by Crippen LogP contribution is 2.08. The summed E-state index contributed by atoms with van der Waals surface area (Å²) in [5.41, 5.74) is 7.68. The lowest BCUT2D eigenvalue weighted by Gasteiger charge is -2.15. The molecule has 3 N–H and O–H groups in total. The largest absolute Gasteiger partial charge is 0.352 e. The molecule has 0 saturated heterocycles. The fraction of sp³-hybridized carbons (Fsp3) is 0.333. The maximum absolute atomic E-state index is 12.0. The lowest BCUT2D eigenvalue weighted by atomic mass is 10.0. The zero-order chi connectivity index (χ0) is 14.4. The molecule has 1 amide bonds. The molecule has 5 heteroatoms. The van der Waals surface area contributed by atoms with E-state index in [1.807, 2.05) is 42.0 Å². The maximum atomic E-state index is 12.0. The molecule has 1 aromatic heterocycles.